The first-order valence-electron chi connectivity index (χ1n) is 8.85. The van der Waals surface area contributed by atoms with Gasteiger partial charge in [0.2, 0.25) is 5.91 Å². The van der Waals surface area contributed by atoms with Crippen molar-refractivity contribution in [1.29, 1.82) is 0 Å². The zero-order chi connectivity index (χ0) is 20.6. The van der Waals surface area contributed by atoms with Crippen LogP contribution >= 0.6 is 0 Å². The Morgan fingerprint density at radius 1 is 1.17 bits per heavy atom. The number of pyridine rings is 1. The fourth-order valence-electron chi connectivity index (χ4n) is 2.93. The number of hydrogen-bond acceptors (Lipinski definition) is 3. The van der Waals surface area contributed by atoms with Gasteiger partial charge in [-0.2, -0.15) is 18.3 Å². The molecule has 0 aliphatic heterocycles. The number of alkyl halides is 3. The summed E-state index contributed by atoms with van der Waals surface area (Å²) in [5, 5.41) is 7.90. The van der Waals surface area contributed by atoms with Gasteiger partial charge in [0.15, 0.2) is 5.82 Å². The molecule has 9 heteroatoms. The summed E-state index contributed by atoms with van der Waals surface area (Å²) >= 11 is 0. The van der Waals surface area contributed by atoms with Crippen molar-refractivity contribution in [2.75, 3.05) is 5.32 Å². The molecule has 3 aromatic heterocycles. The number of halogens is 3. The van der Waals surface area contributed by atoms with Crippen molar-refractivity contribution >= 4 is 22.5 Å². The van der Waals surface area contributed by atoms with E-state index in [0.717, 1.165) is 34.3 Å². The number of rotatable bonds is 4. The third-order valence-electron chi connectivity index (χ3n) is 4.50. The van der Waals surface area contributed by atoms with Gasteiger partial charge >= 0.3 is 6.18 Å². The number of amides is 1. The fourth-order valence-corrected chi connectivity index (χ4v) is 2.93. The predicted octanol–water partition coefficient (Wildman–Crippen LogP) is 4.78. The number of aromatic nitrogens is 4. The molecule has 0 fully saturated rings. The second-order valence-electron chi connectivity index (χ2n) is 6.44. The molecule has 0 aliphatic carbocycles. The van der Waals surface area contributed by atoms with Crippen LogP contribution in [0.3, 0.4) is 0 Å². The average molecular weight is 399 g/mol. The summed E-state index contributed by atoms with van der Waals surface area (Å²) in [5.41, 5.74) is 2.36. The summed E-state index contributed by atoms with van der Waals surface area (Å²) in [6.45, 7) is 1.78. The Morgan fingerprint density at radius 2 is 2.00 bits per heavy atom. The highest BCUT2D eigenvalue weighted by Gasteiger charge is 2.30. The van der Waals surface area contributed by atoms with Gasteiger partial charge in [-0.15, -0.1) is 0 Å². The van der Waals surface area contributed by atoms with E-state index in [-0.39, 0.29) is 11.7 Å². The summed E-state index contributed by atoms with van der Waals surface area (Å²) in [7, 11) is 0. The van der Waals surface area contributed by atoms with Crippen LogP contribution in [0, 0.1) is 0 Å². The van der Waals surface area contributed by atoms with E-state index in [1.54, 1.807) is 25.5 Å². The topological polar surface area (TPSA) is 75.6 Å². The Labute approximate surface area is 163 Å². The van der Waals surface area contributed by atoms with E-state index in [1.165, 1.54) is 10.7 Å². The number of hydrogen-bond donors (Lipinski definition) is 2. The van der Waals surface area contributed by atoms with Crippen LogP contribution in [0.15, 0.2) is 55.1 Å². The Morgan fingerprint density at radius 3 is 2.69 bits per heavy atom. The summed E-state index contributed by atoms with van der Waals surface area (Å²) in [5.74, 6) is 0.195. The van der Waals surface area contributed by atoms with Crippen LogP contribution in [0.5, 0.6) is 0 Å². The van der Waals surface area contributed by atoms with Gasteiger partial charge in [0.1, 0.15) is 0 Å². The number of H-pyrrole nitrogens is 1. The molecule has 0 saturated carbocycles. The number of anilines is 1. The van der Waals surface area contributed by atoms with Gasteiger partial charge in [-0.05, 0) is 29.8 Å². The van der Waals surface area contributed by atoms with Crippen LogP contribution < -0.4 is 5.32 Å². The molecule has 4 rings (SSSR count). The molecule has 0 atom stereocenters. The SMILES string of the molecule is CCC(=O)Nc1c[nH]c2ccc(-c3cnn(-c4ccc(C(F)(F)F)cn4)c3)cc12. The lowest BCUT2D eigenvalue weighted by Gasteiger charge is -2.06. The third kappa shape index (κ3) is 3.71. The van der Waals surface area contributed by atoms with Crippen LogP contribution in [0.25, 0.3) is 27.8 Å². The van der Waals surface area contributed by atoms with E-state index < -0.39 is 11.7 Å². The molecule has 0 spiro atoms. The quantitative estimate of drug-likeness (QED) is 0.518. The predicted molar refractivity (Wildman–Crippen MR) is 103 cm³/mol. The number of benzene rings is 1. The Hall–Kier alpha value is -3.62. The number of carbonyl (C=O) groups excluding carboxylic acids is 1. The minimum absolute atomic E-state index is 0.0856. The van der Waals surface area contributed by atoms with Gasteiger partial charge in [-0.3, -0.25) is 4.79 Å². The number of carbonyl (C=O) groups is 1. The lowest BCUT2D eigenvalue weighted by Crippen LogP contribution is -2.08. The van der Waals surface area contributed by atoms with Crippen LogP contribution in [0.4, 0.5) is 18.9 Å². The Bertz CT molecular complexity index is 1180. The van der Waals surface area contributed by atoms with E-state index in [4.69, 9.17) is 0 Å². The normalized spacial score (nSPS) is 11.7. The maximum Gasteiger partial charge on any atom is 0.417 e. The summed E-state index contributed by atoms with van der Waals surface area (Å²) < 4.78 is 39.5. The molecule has 1 aromatic carbocycles. The summed E-state index contributed by atoms with van der Waals surface area (Å²) in [6, 6.07) is 7.94. The van der Waals surface area contributed by atoms with Gasteiger partial charge in [-0.1, -0.05) is 13.0 Å². The number of fused-ring (bicyclic) bond motifs is 1. The van der Waals surface area contributed by atoms with Crippen LogP contribution in [0.1, 0.15) is 18.9 Å². The van der Waals surface area contributed by atoms with E-state index in [2.05, 4.69) is 20.4 Å². The first-order valence-corrected chi connectivity index (χ1v) is 8.85. The lowest BCUT2D eigenvalue weighted by atomic mass is 10.1. The largest absolute Gasteiger partial charge is 0.417 e. The van der Waals surface area contributed by atoms with E-state index in [0.29, 0.717) is 12.1 Å². The molecule has 2 N–H and O–H groups in total. The van der Waals surface area contributed by atoms with Crippen molar-refractivity contribution in [1.82, 2.24) is 19.7 Å². The first-order chi connectivity index (χ1) is 13.8. The Kier molecular flexibility index (Phi) is 4.57. The molecule has 0 saturated heterocycles. The standard InChI is InChI=1S/C20H16F3N5O/c1-2-19(29)27-17-10-24-16-5-3-12(7-15(16)17)13-8-26-28(11-13)18-6-4-14(9-25-18)20(21,22)23/h3-11,24H,2H2,1H3,(H,27,29). The molecule has 3 heterocycles. The molecular weight excluding hydrogens is 383 g/mol. The second kappa shape index (κ2) is 7.08. The first kappa shape index (κ1) is 18.7. The number of nitrogens with zero attached hydrogens (tertiary/aromatic N) is 3. The van der Waals surface area contributed by atoms with Crippen LogP contribution in [-0.2, 0) is 11.0 Å². The van der Waals surface area contributed by atoms with Gasteiger partial charge in [0.25, 0.3) is 0 Å². The van der Waals surface area contributed by atoms with Crippen molar-refractivity contribution in [2.24, 2.45) is 0 Å². The zero-order valence-corrected chi connectivity index (χ0v) is 15.3. The average Bonchev–Trinajstić information content (AvgIpc) is 3.35. The van der Waals surface area contributed by atoms with Crippen molar-refractivity contribution in [3.63, 3.8) is 0 Å². The van der Waals surface area contributed by atoms with Gasteiger partial charge < -0.3 is 10.3 Å². The number of nitrogens with one attached hydrogen (secondary N) is 2. The van der Waals surface area contributed by atoms with E-state index in [1.807, 2.05) is 18.2 Å². The second-order valence-corrected chi connectivity index (χ2v) is 6.44. The molecule has 1 amide bonds. The highest BCUT2D eigenvalue weighted by Crippen LogP contribution is 2.30. The number of aromatic amines is 1. The van der Waals surface area contributed by atoms with Gasteiger partial charge in [0, 0.05) is 41.5 Å². The van der Waals surface area contributed by atoms with E-state index in [9.17, 15) is 18.0 Å². The molecule has 4 aromatic rings. The smallest absolute Gasteiger partial charge is 0.359 e. The molecule has 148 valence electrons. The molecule has 29 heavy (non-hydrogen) atoms. The van der Waals surface area contributed by atoms with Crippen molar-refractivity contribution in [2.45, 2.75) is 19.5 Å². The monoisotopic (exact) mass is 399 g/mol. The highest BCUT2D eigenvalue weighted by molar-refractivity contribution is 6.02. The molecule has 0 radical (unpaired) electrons. The zero-order valence-electron chi connectivity index (χ0n) is 15.3. The van der Waals surface area contributed by atoms with Crippen LogP contribution in [-0.4, -0.2) is 25.7 Å². The fraction of sp³-hybridized carbons (Fsp3) is 0.150. The van der Waals surface area contributed by atoms with Crippen molar-refractivity contribution in [3.05, 3.63) is 60.7 Å². The molecule has 0 aliphatic rings. The molecule has 6 nitrogen and oxygen atoms in total. The van der Waals surface area contributed by atoms with Crippen molar-refractivity contribution in [3.8, 4) is 16.9 Å². The molecule has 0 unspecified atom stereocenters. The highest BCUT2D eigenvalue weighted by atomic mass is 19.4. The van der Waals surface area contributed by atoms with E-state index >= 15 is 0 Å². The van der Waals surface area contributed by atoms with Gasteiger partial charge in [0.05, 0.1) is 17.4 Å². The third-order valence-corrected chi connectivity index (χ3v) is 4.50. The molecule has 0 bridgehead atoms. The maximum atomic E-state index is 12.7. The Balaban J connectivity index is 1.64. The molecular formula is C20H16F3N5O. The van der Waals surface area contributed by atoms with Crippen LogP contribution in [0.2, 0.25) is 0 Å². The minimum Gasteiger partial charge on any atom is -0.359 e. The van der Waals surface area contributed by atoms with Crippen molar-refractivity contribution < 1.29 is 18.0 Å². The van der Waals surface area contributed by atoms with Gasteiger partial charge in [-0.25, -0.2) is 9.67 Å². The minimum atomic E-state index is -4.43. The summed E-state index contributed by atoms with van der Waals surface area (Å²) in [6.07, 6.45) is 1.75. The maximum absolute atomic E-state index is 12.7. The lowest BCUT2D eigenvalue weighted by molar-refractivity contribution is -0.137. The summed E-state index contributed by atoms with van der Waals surface area (Å²) in [4.78, 5) is 18.7.